The normalized spacial score (nSPS) is 13.1. The molecule has 0 aliphatic rings. The highest BCUT2D eigenvalue weighted by atomic mass is 79.9. The highest BCUT2D eigenvalue weighted by molar-refractivity contribution is 9.10. The molecular formula is C8H11BrN6. The molecule has 0 bridgehead atoms. The van der Waals surface area contributed by atoms with Crippen LogP contribution in [0, 0.1) is 0 Å². The average molecular weight is 271 g/mol. The monoisotopic (exact) mass is 270 g/mol. The van der Waals surface area contributed by atoms with Gasteiger partial charge in [-0.15, -0.1) is 5.10 Å². The van der Waals surface area contributed by atoms with Crippen LogP contribution in [0.1, 0.15) is 17.4 Å². The van der Waals surface area contributed by atoms with E-state index < -0.39 is 0 Å². The Labute approximate surface area is 95.2 Å². The molecule has 7 heteroatoms. The largest absolute Gasteiger partial charge is 0.318 e. The highest BCUT2D eigenvalue weighted by Crippen LogP contribution is 2.22. The summed E-state index contributed by atoms with van der Waals surface area (Å²) in [5.74, 6) is 0. The maximum atomic E-state index is 6.07. The van der Waals surface area contributed by atoms with Crippen LogP contribution in [0.3, 0.4) is 0 Å². The minimum atomic E-state index is -0.319. The Hall–Kier alpha value is -1.21. The van der Waals surface area contributed by atoms with Gasteiger partial charge in [0.25, 0.3) is 0 Å². The summed E-state index contributed by atoms with van der Waals surface area (Å²) in [6, 6.07) is 1.56. The summed E-state index contributed by atoms with van der Waals surface area (Å²) in [6.07, 6.45) is 1.85. The van der Waals surface area contributed by atoms with Crippen molar-refractivity contribution < 1.29 is 0 Å². The van der Waals surface area contributed by atoms with Gasteiger partial charge in [-0.3, -0.25) is 4.68 Å². The van der Waals surface area contributed by atoms with E-state index in [4.69, 9.17) is 5.73 Å². The average Bonchev–Trinajstić information content (AvgIpc) is 2.73. The molecule has 2 aromatic heterocycles. The topological polar surface area (TPSA) is 74.6 Å². The second kappa shape index (κ2) is 3.74. The molecule has 0 amide bonds. The van der Waals surface area contributed by atoms with Crippen molar-refractivity contribution in [3.05, 3.63) is 28.3 Å². The van der Waals surface area contributed by atoms with Gasteiger partial charge in [-0.25, -0.2) is 4.68 Å². The second-order valence-electron chi connectivity index (χ2n) is 3.28. The van der Waals surface area contributed by atoms with Gasteiger partial charge < -0.3 is 5.73 Å². The number of rotatable bonds is 2. The third-order valence-electron chi connectivity index (χ3n) is 2.17. The molecule has 0 saturated heterocycles. The lowest BCUT2D eigenvalue weighted by atomic mass is 10.2. The van der Waals surface area contributed by atoms with Crippen molar-refractivity contribution >= 4 is 15.9 Å². The summed E-state index contributed by atoms with van der Waals surface area (Å²) in [4.78, 5) is 0. The van der Waals surface area contributed by atoms with Crippen molar-refractivity contribution in [2.75, 3.05) is 0 Å². The predicted octanol–water partition coefficient (Wildman–Crippen LogP) is 0.359. The SMILES string of the molecule is Cn1ccc(C(N)c2c(Br)nnn2C)n1. The number of aromatic nitrogens is 5. The molecule has 15 heavy (non-hydrogen) atoms. The van der Waals surface area contributed by atoms with E-state index in [9.17, 15) is 0 Å². The third-order valence-corrected chi connectivity index (χ3v) is 2.74. The van der Waals surface area contributed by atoms with Gasteiger partial charge in [0.1, 0.15) is 0 Å². The Kier molecular flexibility index (Phi) is 2.57. The van der Waals surface area contributed by atoms with Gasteiger partial charge in [0.05, 0.1) is 17.4 Å². The van der Waals surface area contributed by atoms with E-state index in [0.29, 0.717) is 4.60 Å². The molecule has 0 radical (unpaired) electrons. The molecule has 0 aliphatic heterocycles. The highest BCUT2D eigenvalue weighted by Gasteiger charge is 2.19. The fourth-order valence-corrected chi connectivity index (χ4v) is 1.98. The molecular weight excluding hydrogens is 260 g/mol. The van der Waals surface area contributed by atoms with Crippen LogP contribution in [0.15, 0.2) is 16.9 Å². The summed E-state index contributed by atoms with van der Waals surface area (Å²) in [5.41, 5.74) is 7.68. The summed E-state index contributed by atoms with van der Waals surface area (Å²) in [7, 11) is 3.66. The fourth-order valence-electron chi connectivity index (χ4n) is 1.41. The smallest absolute Gasteiger partial charge is 0.153 e. The van der Waals surface area contributed by atoms with Crippen LogP contribution in [0.2, 0.25) is 0 Å². The molecule has 6 nitrogen and oxygen atoms in total. The first-order chi connectivity index (χ1) is 7.09. The first kappa shape index (κ1) is 10.3. The van der Waals surface area contributed by atoms with E-state index in [1.54, 1.807) is 16.4 Å². The summed E-state index contributed by atoms with van der Waals surface area (Å²) in [5, 5.41) is 12.0. The Bertz CT molecular complexity index is 454. The maximum absolute atomic E-state index is 6.07. The second-order valence-corrected chi connectivity index (χ2v) is 4.03. The Morgan fingerprint density at radius 2 is 2.20 bits per heavy atom. The first-order valence-corrected chi connectivity index (χ1v) is 5.19. The summed E-state index contributed by atoms with van der Waals surface area (Å²) < 4.78 is 4.01. The predicted molar refractivity (Wildman–Crippen MR) is 57.9 cm³/mol. The molecule has 1 unspecified atom stereocenters. The number of hydrogen-bond acceptors (Lipinski definition) is 4. The zero-order valence-electron chi connectivity index (χ0n) is 8.42. The van der Waals surface area contributed by atoms with Crippen molar-refractivity contribution in [2.45, 2.75) is 6.04 Å². The summed E-state index contributed by atoms with van der Waals surface area (Å²) >= 11 is 3.31. The molecule has 2 aromatic rings. The van der Waals surface area contributed by atoms with E-state index in [1.807, 2.05) is 19.3 Å². The van der Waals surface area contributed by atoms with Gasteiger partial charge in [0.2, 0.25) is 0 Å². The Morgan fingerprint density at radius 3 is 2.67 bits per heavy atom. The number of hydrogen-bond donors (Lipinski definition) is 1. The number of halogens is 1. The molecule has 80 valence electrons. The van der Waals surface area contributed by atoms with E-state index in [2.05, 4.69) is 31.3 Å². The third kappa shape index (κ3) is 1.80. The molecule has 1 atom stereocenters. The lowest BCUT2D eigenvalue weighted by Crippen LogP contribution is -2.17. The van der Waals surface area contributed by atoms with Crippen LogP contribution in [0.4, 0.5) is 0 Å². The maximum Gasteiger partial charge on any atom is 0.153 e. The van der Waals surface area contributed by atoms with E-state index >= 15 is 0 Å². The zero-order valence-corrected chi connectivity index (χ0v) is 10.0. The van der Waals surface area contributed by atoms with Crippen LogP contribution < -0.4 is 5.73 Å². The molecule has 0 saturated carbocycles. The first-order valence-electron chi connectivity index (χ1n) is 4.40. The lowest BCUT2D eigenvalue weighted by molar-refractivity contribution is 0.633. The van der Waals surface area contributed by atoms with Crippen LogP contribution in [0.25, 0.3) is 0 Å². The van der Waals surface area contributed by atoms with Gasteiger partial charge in [-0.05, 0) is 22.0 Å². The van der Waals surface area contributed by atoms with Crippen LogP contribution >= 0.6 is 15.9 Å². The fraction of sp³-hybridized carbons (Fsp3) is 0.375. The molecule has 0 aromatic carbocycles. The van der Waals surface area contributed by atoms with Crippen molar-refractivity contribution in [3.8, 4) is 0 Å². The van der Waals surface area contributed by atoms with Crippen molar-refractivity contribution in [2.24, 2.45) is 19.8 Å². The number of aryl methyl sites for hydroxylation is 2. The minimum Gasteiger partial charge on any atom is -0.318 e. The van der Waals surface area contributed by atoms with Gasteiger partial charge in [0, 0.05) is 20.3 Å². The number of nitrogens with two attached hydrogens (primary N) is 1. The standard InChI is InChI=1S/C8H11BrN6/c1-14-4-3-5(12-14)6(10)7-8(9)11-13-15(7)2/h3-4,6H,10H2,1-2H3. The molecule has 2 heterocycles. The molecule has 2 N–H and O–H groups in total. The van der Waals surface area contributed by atoms with Crippen molar-refractivity contribution in [1.82, 2.24) is 24.8 Å². The van der Waals surface area contributed by atoms with E-state index in [1.165, 1.54) is 0 Å². The van der Waals surface area contributed by atoms with Crippen molar-refractivity contribution in [1.29, 1.82) is 0 Å². The molecule has 0 spiro atoms. The number of nitrogens with zero attached hydrogens (tertiary/aromatic N) is 5. The van der Waals surface area contributed by atoms with Crippen LogP contribution in [-0.2, 0) is 14.1 Å². The van der Waals surface area contributed by atoms with Crippen LogP contribution in [-0.4, -0.2) is 24.8 Å². The van der Waals surface area contributed by atoms with Gasteiger partial charge >= 0.3 is 0 Å². The Balaban J connectivity index is 2.40. The Morgan fingerprint density at radius 1 is 1.47 bits per heavy atom. The van der Waals surface area contributed by atoms with E-state index in [0.717, 1.165) is 11.4 Å². The van der Waals surface area contributed by atoms with E-state index in [-0.39, 0.29) is 6.04 Å². The minimum absolute atomic E-state index is 0.319. The lowest BCUT2D eigenvalue weighted by Gasteiger charge is -2.08. The van der Waals surface area contributed by atoms with Gasteiger partial charge in [-0.1, -0.05) is 5.21 Å². The quantitative estimate of drug-likeness (QED) is 0.855. The van der Waals surface area contributed by atoms with Crippen molar-refractivity contribution in [3.63, 3.8) is 0 Å². The zero-order chi connectivity index (χ0) is 11.0. The molecule has 0 fully saturated rings. The molecule has 2 rings (SSSR count). The van der Waals surface area contributed by atoms with Crippen LogP contribution in [0.5, 0.6) is 0 Å². The van der Waals surface area contributed by atoms with Gasteiger partial charge in [-0.2, -0.15) is 5.10 Å². The summed E-state index contributed by atoms with van der Waals surface area (Å²) in [6.45, 7) is 0. The van der Waals surface area contributed by atoms with Gasteiger partial charge in [0.15, 0.2) is 4.60 Å². The molecule has 0 aliphatic carbocycles.